The van der Waals surface area contributed by atoms with Crippen LogP contribution in [0.15, 0.2) is 84.2 Å². The fourth-order valence-electron chi connectivity index (χ4n) is 6.34. The van der Waals surface area contributed by atoms with Crippen LogP contribution in [-0.4, -0.2) is 6.36 Å². The first-order chi connectivity index (χ1) is 23.1. The zero-order chi connectivity index (χ0) is 34.3. The number of aryl methyl sites for hydroxylation is 1. The third kappa shape index (κ3) is 4.72. The Balaban J connectivity index is 1.81. The van der Waals surface area contributed by atoms with Crippen molar-refractivity contribution in [3.8, 4) is 46.2 Å². The predicted octanol–water partition coefficient (Wildman–Crippen LogP) is 9.90. The van der Waals surface area contributed by atoms with E-state index < -0.39 is 12.1 Å². The van der Waals surface area contributed by atoms with E-state index in [1.807, 2.05) is 25.1 Å². The molecule has 7 nitrogen and oxygen atoms in total. The molecule has 2 aliphatic rings. The highest BCUT2D eigenvalue weighted by atomic mass is 19.4. The molecule has 48 heavy (non-hydrogen) atoms. The lowest BCUT2D eigenvalue weighted by atomic mass is 9.84. The first-order valence-corrected chi connectivity index (χ1v) is 14.0. The standard InChI is InChI=1S/C38H15F3N6O/c1-20-15-21(17-42)11-13-23(20)25-7-5-9-27-32(25)36-35(30(19-44)47-4)28-10-6-8-26(33(28)37(36)34(27)29(18-43)46-3)24-14-12-22(45-2)16-31(24)48-38(39,40)41/h5-16H,1H3/b34-29+,35-30-. The van der Waals surface area contributed by atoms with E-state index in [9.17, 15) is 29.0 Å². The van der Waals surface area contributed by atoms with Crippen molar-refractivity contribution in [1.82, 2.24) is 0 Å². The molecule has 0 saturated heterocycles. The van der Waals surface area contributed by atoms with Crippen molar-refractivity contribution in [2.24, 2.45) is 0 Å². The molecule has 224 valence electrons. The Morgan fingerprint density at radius 1 is 0.688 bits per heavy atom. The normalized spacial score (nSPS) is 14.5. The Morgan fingerprint density at radius 2 is 1.21 bits per heavy atom. The summed E-state index contributed by atoms with van der Waals surface area (Å²) in [5.41, 5.74) is 4.72. The number of allylic oxidation sites excluding steroid dienone is 6. The zero-order valence-electron chi connectivity index (χ0n) is 24.7. The van der Waals surface area contributed by atoms with Crippen LogP contribution in [0.25, 0.3) is 59.1 Å². The predicted molar refractivity (Wildman–Crippen MR) is 171 cm³/mol. The van der Waals surface area contributed by atoms with Gasteiger partial charge in [-0.15, -0.1) is 13.2 Å². The first kappa shape index (κ1) is 30.6. The summed E-state index contributed by atoms with van der Waals surface area (Å²) < 4.78 is 45.4. The van der Waals surface area contributed by atoms with Gasteiger partial charge in [0.2, 0.25) is 0 Å². The average Bonchev–Trinajstić information content (AvgIpc) is 3.58. The smallest absolute Gasteiger partial charge is 0.406 e. The lowest BCUT2D eigenvalue weighted by Crippen LogP contribution is -2.17. The number of ether oxygens (including phenoxy) is 1. The van der Waals surface area contributed by atoms with Gasteiger partial charge in [0.05, 0.1) is 43.5 Å². The summed E-state index contributed by atoms with van der Waals surface area (Å²) in [6.07, 6.45) is -5.10. The molecular formula is C38H15F3N6O. The summed E-state index contributed by atoms with van der Waals surface area (Å²) in [6, 6.07) is 24.8. The second kappa shape index (κ2) is 11.5. The first-order valence-electron chi connectivity index (χ1n) is 14.0. The summed E-state index contributed by atoms with van der Waals surface area (Å²) in [5.74, 6) is -0.643. The largest absolute Gasteiger partial charge is 0.573 e. The minimum Gasteiger partial charge on any atom is -0.406 e. The van der Waals surface area contributed by atoms with E-state index in [1.165, 1.54) is 12.1 Å². The van der Waals surface area contributed by atoms with Gasteiger partial charge >= 0.3 is 6.36 Å². The highest BCUT2D eigenvalue weighted by Crippen LogP contribution is 2.63. The molecule has 0 fully saturated rings. The third-order valence-electron chi connectivity index (χ3n) is 8.08. The molecule has 0 aliphatic heterocycles. The van der Waals surface area contributed by atoms with Crippen LogP contribution < -0.4 is 4.74 Å². The maximum absolute atomic E-state index is 13.7. The van der Waals surface area contributed by atoms with Gasteiger partial charge in [-0.1, -0.05) is 54.6 Å². The Labute approximate surface area is 272 Å². The maximum atomic E-state index is 13.7. The van der Waals surface area contributed by atoms with Gasteiger partial charge < -0.3 is 4.74 Å². The third-order valence-corrected chi connectivity index (χ3v) is 8.08. The van der Waals surface area contributed by atoms with Crippen molar-refractivity contribution < 1.29 is 17.9 Å². The topological polar surface area (TPSA) is 93.7 Å². The molecule has 0 amide bonds. The Morgan fingerprint density at radius 3 is 1.67 bits per heavy atom. The van der Waals surface area contributed by atoms with Crippen LogP contribution in [0.1, 0.15) is 33.4 Å². The van der Waals surface area contributed by atoms with Crippen LogP contribution in [0, 0.1) is 60.6 Å². The molecule has 0 atom stereocenters. The van der Waals surface area contributed by atoms with E-state index in [0.29, 0.717) is 50.1 Å². The van der Waals surface area contributed by atoms with E-state index in [1.54, 1.807) is 48.5 Å². The molecule has 0 spiro atoms. The van der Waals surface area contributed by atoms with E-state index in [0.717, 1.165) is 11.6 Å². The van der Waals surface area contributed by atoms with Crippen molar-refractivity contribution >= 4 is 28.0 Å². The van der Waals surface area contributed by atoms with E-state index in [-0.39, 0.29) is 39.4 Å². The molecule has 0 saturated carbocycles. The number of rotatable bonds is 3. The second-order valence-electron chi connectivity index (χ2n) is 10.6. The van der Waals surface area contributed by atoms with Crippen LogP contribution in [0.3, 0.4) is 0 Å². The fourth-order valence-corrected chi connectivity index (χ4v) is 6.34. The van der Waals surface area contributed by atoms with Gasteiger partial charge in [0.25, 0.3) is 11.4 Å². The van der Waals surface area contributed by atoms with Crippen molar-refractivity contribution in [3.63, 3.8) is 0 Å². The van der Waals surface area contributed by atoms with Crippen molar-refractivity contribution in [2.45, 2.75) is 13.3 Å². The van der Waals surface area contributed by atoms with E-state index in [4.69, 9.17) is 19.7 Å². The number of benzene rings is 4. The number of nitrogens with zero attached hydrogens (tertiary/aromatic N) is 6. The van der Waals surface area contributed by atoms with E-state index in [2.05, 4.69) is 25.3 Å². The minimum atomic E-state index is -5.10. The van der Waals surface area contributed by atoms with Gasteiger partial charge in [-0.25, -0.2) is 25.1 Å². The molecule has 0 heterocycles. The Bertz CT molecular complexity index is 2460. The Hall–Kier alpha value is -7.37. The van der Waals surface area contributed by atoms with Gasteiger partial charge in [0, 0.05) is 16.7 Å². The Kier molecular flexibility index (Phi) is 7.36. The lowest BCUT2D eigenvalue weighted by molar-refractivity contribution is -0.274. The molecule has 10 heteroatoms. The molecule has 0 radical (unpaired) electrons. The van der Waals surface area contributed by atoms with Crippen LogP contribution in [0.2, 0.25) is 0 Å². The number of fused-ring (bicyclic) bond motifs is 4. The summed E-state index contributed by atoms with van der Waals surface area (Å²) in [6.45, 7) is 25.0. The average molecular weight is 629 g/mol. The van der Waals surface area contributed by atoms with Gasteiger partial charge in [-0.2, -0.15) is 5.26 Å². The molecule has 0 unspecified atom stereocenters. The number of hydrogen-bond donors (Lipinski definition) is 0. The van der Waals surface area contributed by atoms with Crippen LogP contribution in [0.5, 0.6) is 5.75 Å². The monoisotopic (exact) mass is 628 g/mol. The van der Waals surface area contributed by atoms with E-state index >= 15 is 0 Å². The lowest BCUT2D eigenvalue weighted by Gasteiger charge is -2.20. The summed E-state index contributed by atoms with van der Waals surface area (Å²) >= 11 is 0. The van der Waals surface area contributed by atoms with Gasteiger partial charge in [-0.3, -0.25) is 0 Å². The molecular weight excluding hydrogens is 613 g/mol. The molecule has 6 rings (SSSR count). The maximum Gasteiger partial charge on any atom is 0.573 e. The van der Waals surface area contributed by atoms with Crippen molar-refractivity contribution in [3.05, 3.63) is 152 Å². The molecule has 2 aliphatic carbocycles. The number of halogens is 3. The van der Waals surface area contributed by atoms with Crippen molar-refractivity contribution in [1.29, 1.82) is 15.8 Å². The number of alkyl halides is 3. The number of hydrogen-bond acceptors (Lipinski definition) is 4. The SMILES string of the molecule is [C-]#[N+]/C(C#N)=C1C2=C(/C(=C(\C#N)[N+]#[C-])c3cccc(-c4ccc(C#N)cc4C)c32)c2c\1cccc2-c1ccc([N+]#[C-])cc1OC(F)(F)F. The number of nitriles is 3. The van der Waals surface area contributed by atoms with Crippen LogP contribution >= 0.6 is 0 Å². The fraction of sp³-hybridized carbons (Fsp3) is 0.0526. The molecule has 4 aromatic rings. The molecule has 0 aromatic heterocycles. The minimum absolute atomic E-state index is 0.0363. The quantitative estimate of drug-likeness (QED) is 0.167. The highest BCUT2D eigenvalue weighted by molar-refractivity contribution is 6.39. The molecule has 4 aromatic carbocycles. The molecule has 0 N–H and O–H groups in total. The summed E-state index contributed by atoms with van der Waals surface area (Å²) in [4.78, 5) is 10.3. The van der Waals surface area contributed by atoms with Crippen molar-refractivity contribution in [2.75, 3.05) is 0 Å². The summed E-state index contributed by atoms with van der Waals surface area (Å²) in [5, 5.41) is 29.8. The molecule has 0 bridgehead atoms. The van der Waals surface area contributed by atoms with Crippen LogP contribution in [0.4, 0.5) is 18.9 Å². The van der Waals surface area contributed by atoms with Crippen LogP contribution in [-0.2, 0) is 0 Å². The summed E-state index contributed by atoms with van der Waals surface area (Å²) in [7, 11) is 0. The van der Waals surface area contributed by atoms with Gasteiger partial charge in [0.1, 0.15) is 5.75 Å². The zero-order valence-corrected chi connectivity index (χ0v) is 24.7. The second-order valence-corrected chi connectivity index (χ2v) is 10.6. The van der Waals surface area contributed by atoms with Gasteiger partial charge in [0.15, 0.2) is 5.69 Å². The highest BCUT2D eigenvalue weighted by Gasteiger charge is 2.42. The van der Waals surface area contributed by atoms with Gasteiger partial charge in [-0.05, 0) is 80.8 Å².